The van der Waals surface area contributed by atoms with Crippen molar-refractivity contribution in [3.05, 3.63) is 152 Å². The number of carbonyl (C=O) groups is 8. The van der Waals surface area contributed by atoms with Crippen LogP contribution in [0, 0.1) is 20.2 Å². The van der Waals surface area contributed by atoms with Gasteiger partial charge in [-0.3, -0.25) is 59.0 Å². The molecule has 0 spiro atoms. The number of non-ortho nitro benzene ring substituents is 2. The van der Waals surface area contributed by atoms with Gasteiger partial charge in [0.2, 0.25) is 11.8 Å². The third-order valence-electron chi connectivity index (χ3n) is 11.7. The van der Waals surface area contributed by atoms with Gasteiger partial charge in [-0.15, -0.1) is 0 Å². The number of nitro groups is 2. The molecule has 8 rings (SSSR count). The fourth-order valence-electron chi connectivity index (χ4n) is 7.83. The SMILES string of the molecule is CC(=O)N1CCN(c2cnc3cc(C(=O)F)cc(NC(=O)c4cccc([N+](=O)[O-])c4)c3c2)CC1.CC(=O)N1CCN(c2cnc3cc(C(=O)F)cc(NC(=O)c4cccc([N+](=O)[O-])c4)c3c2)CC1.O=C(O)/C=C/C(=O)O. The van der Waals surface area contributed by atoms with E-state index in [9.17, 15) is 67.4 Å². The number of piperazine rings is 2. The number of anilines is 4. The molecule has 0 saturated carbocycles. The summed E-state index contributed by atoms with van der Waals surface area (Å²) in [7, 11) is 0. The Morgan fingerprint density at radius 1 is 0.539 bits per heavy atom. The maximum Gasteiger partial charge on any atom is 0.332 e. The fourth-order valence-corrected chi connectivity index (χ4v) is 7.83. The number of pyridine rings is 2. The number of halogens is 2. The highest BCUT2D eigenvalue weighted by Crippen LogP contribution is 2.32. The number of benzene rings is 4. The molecule has 6 aromatic rings. The summed E-state index contributed by atoms with van der Waals surface area (Å²) in [6.07, 6.45) is 4.29. The average molecular weight is 1050 g/mol. The van der Waals surface area contributed by atoms with E-state index >= 15 is 0 Å². The molecular weight excluding hydrogens is 1000 g/mol. The van der Waals surface area contributed by atoms with Crippen LogP contribution >= 0.6 is 0 Å². The molecule has 4 aromatic carbocycles. The van der Waals surface area contributed by atoms with E-state index < -0.39 is 45.7 Å². The molecule has 4 heterocycles. The van der Waals surface area contributed by atoms with Gasteiger partial charge in [0.1, 0.15) is 0 Å². The van der Waals surface area contributed by atoms with Gasteiger partial charge in [0, 0.05) is 125 Å². The van der Waals surface area contributed by atoms with Crippen molar-refractivity contribution in [1.29, 1.82) is 0 Å². The highest BCUT2D eigenvalue weighted by molar-refractivity contribution is 6.12. The number of carbonyl (C=O) groups excluding carboxylic acids is 6. The highest BCUT2D eigenvalue weighted by atomic mass is 19.1. The van der Waals surface area contributed by atoms with Crippen LogP contribution in [0.4, 0.5) is 42.9 Å². The van der Waals surface area contributed by atoms with Crippen molar-refractivity contribution in [2.24, 2.45) is 0 Å². The van der Waals surface area contributed by atoms with Gasteiger partial charge in [-0.25, -0.2) is 9.59 Å². The quantitative estimate of drug-likeness (QED) is 0.0468. The van der Waals surface area contributed by atoms with E-state index in [1.54, 1.807) is 34.3 Å². The van der Waals surface area contributed by atoms with Gasteiger partial charge in [-0.2, -0.15) is 8.78 Å². The van der Waals surface area contributed by atoms with Crippen molar-refractivity contribution in [3.63, 3.8) is 0 Å². The number of nitrogens with one attached hydrogen (secondary N) is 2. The molecule has 392 valence electrons. The normalized spacial score (nSPS) is 13.2. The standard InChI is InChI=1S/2C23H20FN5O5.C4H4O4/c2*1-14(30)27-5-7-28(8-6-27)18-12-19-20(25-13-18)10-16(22(24)31)11-21(19)26-23(32)15-3-2-4-17(9-15)29(33)34;5-3(6)1-2-4(7)8/h2*2-4,9-13H,5-8H2,1H3,(H,26,32);1-2H,(H,5,6)(H,7,8)/b;;2-1+. The summed E-state index contributed by atoms with van der Waals surface area (Å²) >= 11 is 0. The predicted molar refractivity (Wildman–Crippen MR) is 270 cm³/mol. The number of carboxylic acids is 2. The first-order valence-electron chi connectivity index (χ1n) is 22.6. The topological polar surface area (TPSA) is 326 Å². The number of carboxylic acid groups (broad SMARTS) is 2. The van der Waals surface area contributed by atoms with E-state index in [0.29, 0.717) is 86.3 Å². The second-order valence-electron chi connectivity index (χ2n) is 16.6. The number of hydrogen-bond acceptors (Lipinski definition) is 16. The van der Waals surface area contributed by atoms with Crippen molar-refractivity contribution < 1.29 is 67.2 Å². The van der Waals surface area contributed by atoms with Crippen LogP contribution < -0.4 is 20.4 Å². The predicted octanol–water partition coefficient (Wildman–Crippen LogP) is 6.06. The number of nitrogens with zero attached hydrogens (tertiary/aromatic N) is 8. The fraction of sp³-hybridized carbons (Fsp3) is 0.200. The van der Waals surface area contributed by atoms with Crippen molar-refractivity contribution in [2.45, 2.75) is 13.8 Å². The number of aliphatic carboxylic acids is 2. The molecule has 2 fully saturated rings. The van der Waals surface area contributed by atoms with Crippen LogP contribution in [0.2, 0.25) is 0 Å². The van der Waals surface area contributed by atoms with Crippen LogP contribution in [0.3, 0.4) is 0 Å². The lowest BCUT2D eigenvalue weighted by atomic mass is 10.1. The second kappa shape index (κ2) is 24.5. The van der Waals surface area contributed by atoms with Crippen molar-refractivity contribution in [2.75, 3.05) is 72.8 Å². The van der Waals surface area contributed by atoms with Crippen molar-refractivity contribution in [3.8, 4) is 0 Å². The van der Waals surface area contributed by atoms with Crippen molar-refractivity contribution in [1.82, 2.24) is 19.8 Å². The Morgan fingerprint density at radius 2 is 0.895 bits per heavy atom. The first kappa shape index (κ1) is 55.2. The summed E-state index contributed by atoms with van der Waals surface area (Å²) in [4.78, 5) is 128. The molecule has 0 atom stereocenters. The Hall–Kier alpha value is -10.1. The number of rotatable bonds is 12. The molecule has 76 heavy (non-hydrogen) atoms. The third-order valence-corrected chi connectivity index (χ3v) is 11.7. The van der Waals surface area contributed by atoms with Crippen LogP contribution in [0.5, 0.6) is 0 Å². The van der Waals surface area contributed by atoms with E-state index in [1.807, 2.05) is 9.80 Å². The minimum atomic E-state index is -1.68. The maximum absolute atomic E-state index is 13.5. The van der Waals surface area contributed by atoms with E-state index in [1.165, 1.54) is 74.5 Å². The molecule has 0 radical (unpaired) electrons. The highest BCUT2D eigenvalue weighted by Gasteiger charge is 2.24. The Bertz CT molecular complexity index is 3140. The number of aromatic nitrogens is 2. The molecular formula is C50H44F2N10O14. The molecule has 2 aliphatic rings. The average Bonchev–Trinajstić information content (AvgIpc) is 3.41. The Labute approximate surface area is 428 Å². The van der Waals surface area contributed by atoms with Crippen LogP contribution in [-0.4, -0.2) is 140 Å². The lowest BCUT2D eigenvalue weighted by Crippen LogP contribution is -2.48. The lowest BCUT2D eigenvalue weighted by molar-refractivity contribution is -0.385. The molecule has 0 unspecified atom stereocenters. The van der Waals surface area contributed by atoms with Gasteiger partial charge in [-0.05, 0) is 48.5 Å². The van der Waals surface area contributed by atoms with Crippen molar-refractivity contribution >= 4 is 104 Å². The van der Waals surface area contributed by atoms with Gasteiger partial charge < -0.3 is 40.4 Å². The minimum absolute atomic E-state index is 0.00542. The summed E-state index contributed by atoms with van der Waals surface area (Å²) in [5.74, 6) is -3.82. The lowest BCUT2D eigenvalue weighted by Gasteiger charge is -2.35. The van der Waals surface area contributed by atoms with Crippen LogP contribution in [0.15, 0.2) is 109 Å². The van der Waals surface area contributed by atoms with Gasteiger partial charge in [0.25, 0.3) is 23.2 Å². The zero-order valence-corrected chi connectivity index (χ0v) is 40.2. The third kappa shape index (κ3) is 14.3. The minimum Gasteiger partial charge on any atom is -0.478 e. The molecule has 2 aliphatic heterocycles. The summed E-state index contributed by atoms with van der Waals surface area (Å²) in [6.45, 7) is 7.61. The Morgan fingerprint density at radius 3 is 1.20 bits per heavy atom. The Balaban J connectivity index is 0.000000216. The van der Waals surface area contributed by atoms with E-state index in [4.69, 9.17) is 10.2 Å². The Kier molecular flexibility index (Phi) is 17.8. The molecule has 4 amide bonds. The maximum atomic E-state index is 13.5. The van der Waals surface area contributed by atoms with Crippen LogP contribution in [0.25, 0.3) is 21.8 Å². The zero-order valence-electron chi connectivity index (χ0n) is 40.2. The smallest absolute Gasteiger partial charge is 0.332 e. The first-order chi connectivity index (χ1) is 36.1. The largest absolute Gasteiger partial charge is 0.478 e. The number of nitro benzene ring substituents is 2. The van der Waals surface area contributed by atoms with Crippen LogP contribution in [0.1, 0.15) is 55.3 Å². The molecule has 26 heteroatoms. The molecule has 2 saturated heterocycles. The molecule has 24 nitrogen and oxygen atoms in total. The van der Waals surface area contributed by atoms with Gasteiger partial charge in [0.05, 0.1) is 67.2 Å². The summed E-state index contributed by atoms with van der Waals surface area (Å²) in [6, 6.07) is 15.5. The molecule has 2 aromatic heterocycles. The van der Waals surface area contributed by atoms with Gasteiger partial charge in [0.15, 0.2) is 0 Å². The number of fused-ring (bicyclic) bond motifs is 2. The van der Waals surface area contributed by atoms with E-state index in [0.717, 1.165) is 23.5 Å². The molecule has 0 bridgehead atoms. The van der Waals surface area contributed by atoms with Gasteiger partial charge in [-0.1, -0.05) is 12.1 Å². The zero-order chi connectivity index (χ0) is 55.4. The summed E-state index contributed by atoms with van der Waals surface area (Å²) < 4.78 is 27.0. The monoisotopic (exact) mass is 1050 g/mol. The molecule has 4 N–H and O–H groups in total. The second-order valence-corrected chi connectivity index (χ2v) is 16.6. The summed E-state index contributed by atoms with van der Waals surface area (Å²) in [5, 5.41) is 43.9. The van der Waals surface area contributed by atoms with E-state index in [2.05, 4.69) is 20.6 Å². The number of hydrogen-bond donors (Lipinski definition) is 4. The summed E-state index contributed by atoms with van der Waals surface area (Å²) in [5.41, 5.74) is 1.35. The molecule has 0 aliphatic carbocycles. The van der Waals surface area contributed by atoms with Gasteiger partial charge >= 0.3 is 24.0 Å². The number of amides is 4. The van der Waals surface area contributed by atoms with Crippen LogP contribution in [-0.2, 0) is 19.2 Å². The van der Waals surface area contributed by atoms with E-state index in [-0.39, 0.29) is 56.8 Å². The first-order valence-corrected chi connectivity index (χ1v) is 22.6.